The summed E-state index contributed by atoms with van der Waals surface area (Å²) in [6.45, 7) is 3.71. The van der Waals surface area contributed by atoms with Crippen molar-refractivity contribution in [2.75, 3.05) is 4.90 Å². The van der Waals surface area contributed by atoms with E-state index in [9.17, 15) is 0 Å². The largest absolute Gasteiger partial charge is 0.466 e. The number of benzene rings is 5. The molecule has 40 heavy (non-hydrogen) atoms. The van der Waals surface area contributed by atoms with Gasteiger partial charge in [0.1, 0.15) is 28.4 Å². The number of hydrogen-bond donors (Lipinski definition) is 0. The van der Waals surface area contributed by atoms with E-state index in [1.807, 2.05) is 54.6 Å². The summed E-state index contributed by atoms with van der Waals surface area (Å²) in [6.07, 6.45) is 1.43. The number of hydrogen-bond acceptors (Lipinski definition) is 4. The molecule has 4 heteroatoms. The number of ether oxygens (including phenoxy) is 1. The van der Waals surface area contributed by atoms with E-state index in [4.69, 9.17) is 13.6 Å². The molecule has 0 aliphatic heterocycles. The van der Waals surface area contributed by atoms with Gasteiger partial charge in [0.05, 0.1) is 6.26 Å². The van der Waals surface area contributed by atoms with Gasteiger partial charge in [-0.15, -0.1) is 0 Å². The molecule has 0 aliphatic carbocycles. The number of fused-ring (bicyclic) bond motifs is 2. The molecule has 0 unspecified atom stereocenters. The minimum Gasteiger partial charge on any atom is -0.466 e. The maximum Gasteiger partial charge on any atom is 0.136 e. The highest BCUT2D eigenvalue weighted by Crippen LogP contribution is 2.40. The monoisotopic (exact) mass is 519 g/mol. The van der Waals surface area contributed by atoms with Crippen molar-refractivity contribution in [1.29, 1.82) is 0 Å². The Morgan fingerprint density at radius 1 is 0.525 bits per heavy atom. The fraction of sp³-hybridized carbons (Fsp3) is 0. The highest BCUT2D eigenvalue weighted by molar-refractivity contribution is 5.92. The van der Waals surface area contributed by atoms with Crippen LogP contribution in [0.25, 0.3) is 44.6 Å². The maximum absolute atomic E-state index is 6.32. The van der Waals surface area contributed by atoms with Crippen molar-refractivity contribution in [2.24, 2.45) is 0 Å². The average Bonchev–Trinajstić information content (AvgIpc) is 3.63. The molecule has 0 atom stereocenters. The fourth-order valence-corrected chi connectivity index (χ4v) is 5.05. The van der Waals surface area contributed by atoms with Gasteiger partial charge in [-0.25, -0.2) is 0 Å². The Kier molecular flexibility index (Phi) is 5.91. The van der Waals surface area contributed by atoms with Crippen LogP contribution in [-0.4, -0.2) is 0 Å². The van der Waals surface area contributed by atoms with Crippen LogP contribution >= 0.6 is 0 Å². The van der Waals surface area contributed by atoms with E-state index in [1.165, 1.54) is 6.26 Å². The summed E-state index contributed by atoms with van der Waals surface area (Å²) in [6, 6.07) is 44.9. The van der Waals surface area contributed by atoms with Gasteiger partial charge in [-0.05, 0) is 48.5 Å². The van der Waals surface area contributed by atoms with Crippen LogP contribution in [0.3, 0.4) is 0 Å². The van der Waals surface area contributed by atoms with Crippen LogP contribution < -0.4 is 9.64 Å². The van der Waals surface area contributed by atoms with Crippen LogP contribution in [0.4, 0.5) is 17.1 Å². The topological polar surface area (TPSA) is 38.8 Å². The number of nitrogens with zero attached hydrogens (tertiary/aromatic N) is 1. The summed E-state index contributed by atoms with van der Waals surface area (Å²) in [5.74, 6) is 2.38. The SMILES string of the molecule is C=COc1cccc(N(c2ccc3cc(-c4ccccc4)oc3c2)c2ccc3cc(-c4ccccc4)oc3c2)c1. The highest BCUT2D eigenvalue weighted by atomic mass is 16.5. The van der Waals surface area contributed by atoms with Crippen molar-refractivity contribution in [3.8, 4) is 28.4 Å². The third-order valence-corrected chi connectivity index (χ3v) is 6.94. The summed E-state index contributed by atoms with van der Waals surface area (Å²) in [4.78, 5) is 2.17. The predicted octanol–water partition coefficient (Wildman–Crippen LogP) is 10.5. The predicted molar refractivity (Wildman–Crippen MR) is 162 cm³/mol. The molecular weight excluding hydrogens is 494 g/mol. The van der Waals surface area contributed by atoms with Crippen LogP contribution in [0.2, 0.25) is 0 Å². The molecule has 0 radical (unpaired) electrons. The number of rotatable bonds is 7. The maximum atomic E-state index is 6.32. The smallest absolute Gasteiger partial charge is 0.136 e. The van der Waals surface area contributed by atoms with E-state index >= 15 is 0 Å². The van der Waals surface area contributed by atoms with Gasteiger partial charge in [0.25, 0.3) is 0 Å². The second-order valence-corrected chi connectivity index (χ2v) is 9.51. The zero-order valence-corrected chi connectivity index (χ0v) is 21.7. The van der Waals surface area contributed by atoms with Crippen molar-refractivity contribution in [3.05, 3.63) is 146 Å². The molecule has 7 rings (SSSR count). The van der Waals surface area contributed by atoms with Crippen LogP contribution in [0.15, 0.2) is 155 Å². The minimum atomic E-state index is 0.702. The quantitative estimate of drug-likeness (QED) is 0.196. The Labute approximate surface area is 232 Å². The Bertz CT molecular complexity index is 1830. The second-order valence-electron chi connectivity index (χ2n) is 9.51. The van der Waals surface area contributed by atoms with E-state index < -0.39 is 0 Å². The summed E-state index contributed by atoms with van der Waals surface area (Å²) in [7, 11) is 0. The van der Waals surface area contributed by atoms with E-state index in [-0.39, 0.29) is 0 Å². The Morgan fingerprint density at radius 2 is 1.05 bits per heavy atom. The third kappa shape index (κ3) is 4.42. The Hall–Kier alpha value is -5.48. The minimum absolute atomic E-state index is 0.702. The van der Waals surface area contributed by atoms with Crippen molar-refractivity contribution >= 4 is 39.0 Å². The van der Waals surface area contributed by atoms with Crippen molar-refractivity contribution in [2.45, 2.75) is 0 Å². The zero-order valence-electron chi connectivity index (χ0n) is 21.7. The fourth-order valence-electron chi connectivity index (χ4n) is 5.05. The van der Waals surface area contributed by atoms with Crippen LogP contribution in [-0.2, 0) is 0 Å². The Morgan fingerprint density at radius 3 is 1.57 bits per heavy atom. The van der Waals surface area contributed by atoms with Crippen molar-refractivity contribution in [1.82, 2.24) is 0 Å². The highest BCUT2D eigenvalue weighted by Gasteiger charge is 2.17. The summed E-state index contributed by atoms with van der Waals surface area (Å²) in [5.41, 5.74) is 6.55. The first kappa shape index (κ1) is 23.6. The Balaban J connectivity index is 1.36. The molecule has 2 aromatic heterocycles. The molecule has 2 heterocycles. The van der Waals surface area contributed by atoms with Gasteiger partial charge in [-0.2, -0.15) is 0 Å². The summed E-state index contributed by atoms with van der Waals surface area (Å²) >= 11 is 0. The second kappa shape index (κ2) is 10.0. The average molecular weight is 520 g/mol. The van der Waals surface area contributed by atoms with Crippen LogP contribution in [0, 0.1) is 0 Å². The lowest BCUT2D eigenvalue weighted by atomic mass is 10.1. The lowest BCUT2D eigenvalue weighted by Gasteiger charge is -2.25. The van der Waals surface area contributed by atoms with Crippen LogP contribution in [0.5, 0.6) is 5.75 Å². The van der Waals surface area contributed by atoms with Gasteiger partial charge in [-0.3, -0.25) is 0 Å². The molecule has 0 spiro atoms. The first-order chi connectivity index (χ1) is 19.7. The van der Waals surface area contributed by atoms with E-state index in [1.54, 1.807) is 0 Å². The van der Waals surface area contributed by atoms with Crippen LogP contribution in [0.1, 0.15) is 0 Å². The van der Waals surface area contributed by atoms with Crippen molar-refractivity contribution in [3.63, 3.8) is 0 Å². The molecular formula is C36H25NO3. The number of anilines is 3. The number of furan rings is 2. The summed E-state index contributed by atoms with van der Waals surface area (Å²) < 4.78 is 18.3. The van der Waals surface area contributed by atoms with Gasteiger partial charge in [0.15, 0.2) is 0 Å². The standard InChI is InChI=1S/C36H25NO3/c1-2-38-32-15-9-14-29(22-32)37(30-18-16-27-20-33(39-35(27)23-30)25-10-5-3-6-11-25)31-19-17-28-21-34(40-36(28)24-31)26-12-7-4-8-13-26/h2-24H,1H2. The molecule has 0 fully saturated rings. The van der Waals surface area contributed by atoms with Gasteiger partial charge < -0.3 is 18.5 Å². The van der Waals surface area contributed by atoms with E-state index in [0.29, 0.717) is 5.75 Å². The van der Waals surface area contributed by atoms with Gasteiger partial charge in [-0.1, -0.05) is 73.3 Å². The van der Waals surface area contributed by atoms with E-state index in [2.05, 4.69) is 90.3 Å². The molecule has 0 saturated heterocycles. The molecule has 192 valence electrons. The lowest BCUT2D eigenvalue weighted by Crippen LogP contribution is -2.09. The molecule has 4 nitrogen and oxygen atoms in total. The van der Waals surface area contributed by atoms with Gasteiger partial charge in [0.2, 0.25) is 0 Å². The van der Waals surface area contributed by atoms with Crippen molar-refractivity contribution < 1.29 is 13.6 Å². The van der Waals surface area contributed by atoms with E-state index in [0.717, 1.165) is 61.6 Å². The molecule has 0 bridgehead atoms. The lowest BCUT2D eigenvalue weighted by molar-refractivity contribution is 0.483. The molecule has 7 aromatic rings. The first-order valence-corrected chi connectivity index (χ1v) is 13.1. The summed E-state index contributed by atoms with van der Waals surface area (Å²) in [5, 5.41) is 2.08. The first-order valence-electron chi connectivity index (χ1n) is 13.1. The molecule has 0 amide bonds. The van der Waals surface area contributed by atoms with Gasteiger partial charge in [0, 0.05) is 57.2 Å². The molecule has 0 saturated carbocycles. The third-order valence-electron chi connectivity index (χ3n) is 6.94. The van der Waals surface area contributed by atoms with Gasteiger partial charge >= 0.3 is 0 Å². The molecule has 0 N–H and O–H groups in total. The normalized spacial score (nSPS) is 11.1. The molecule has 5 aromatic carbocycles. The molecule has 0 aliphatic rings. The zero-order chi connectivity index (χ0) is 26.9.